The van der Waals surface area contributed by atoms with Crippen LogP contribution in [0.3, 0.4) is 0 Å². The molecule has 2 rings (SSSR count). The Kier molecular flexibility index (Phi) is 5.10. The van der Waals surface area contributed by atoms with Crippen molar-refractivity contribution >= 4 is 17.5 Å². The molecule has 21 heavy (non-hydrogen) atoms. The van der Waals surface area contributed by atoms with Gasteiger partial charge in [-0.25, -0.2) is 4.39 Å². The average Bonchev–Trinajstić information content (AvgIpc) is 3.27. The lowest BCUT2D eigenvalue weighted by molar-refractivity contribution is -0.121. The van der Waals surface area contributed by atoms with Gasteiger partial charge in [-0.05, 0) is 31.4 Å². The number of amides is 2. The van der Waals surface area contributed by atoms with Crippen LogP contribution in [-0.2, 0) is 4.79 Å². The van der Waals surface area contributed by atoms with Gasteiger partial charge in [0, 0.05) is 19.0 Å². The summed E-state index contributed by atoms with van der Waals surface area (Å²) in [6, 6.07) is 4.48. The zero-order valence-corrected chi connectivity index (χ0v) is 11.6. The van der Waals surface area contributed by atoms with Gasteiger partial charge in [-0.15, -0.1) is 0 Å². The molecule has 5 N–H and O–H groups in total. The fourth-order valence-corrected chi connectivity index (χ4v) is 1.93. The topological polar surface area (TPSA) is 96.2 Å². The van der Waals surface area contributed by atoms with Crippen molar-refractivity contribution in [2.45, 2.75) is 31.7 Å². The average molecular weight is 294 g/mol. The maximum atomic E-state index is 13.5. The summed E-state index contributed by atoms with van der Waals surface area (Å²) in [7, 11) is 0. The molecule has 6 nitrogen and oxygen atoms in total. The van der Waals surface area contributed by atoms with Gasteiger partial charge in [-0.2, -0.15) is 0 Å². The second-order valence-electron chi connectivity index (χ2n) is 5.01. The van der Waals surface area contributed by atoms with Crippen LogP contribution >= 0.6 is 0 Å². The molecule has 1 aliphatic carbocycles. The highest BCUT2D eigenvalue weighted by Gasteiger charge is 2.22. The van der Waals surface area contributed by atoms with Gasteiger partial charge in [-0.1, -0.05) is 6.07 Å². The molecule has 114 valence electrons. The predicted octanol–water partition coefficient (Wildman–Crippen LogP) is 0.900. The first-order valence-corrected chi connectivity index (χ1v) is 6.94. The van der Waals surface area contributed by atoms with E-state index in [1.165, 1.54) is 18.2 Å². The number of halogens is 1. The summed E-state index contributed by atoms with van der Waals surface area (Å²) in [4.78, 5) is 23.4. The molecule has 0 aromatic heterocycles. The molecule has 1 aromatic rings. The van der Waals surface area contributed by atoms with Crippen molar-refractivity contribution in [2.75, 3.05) is 12.0 Å². The molecule has 0 radical (unpaired) electrons. The number of anilines is 1. The van der Waals surface area contributed by atoms with Crippen molar-refractivity contribution in [1.29, 1.82) is 0 Å². The van der Waals surface area contributed by atoms with Crippen molar-refractivity contribution in [3.8, 4) is 0 Å². The number of nitrogens with two attached hydrogens (primary N) is 1. The van der Waals surface area contributed by atoms with Gasteiger partial charge in [0.25, 0.3) is 5.91 Å². The monoisotopic (exact) mass is 294 g/mol. The Morgan fingerprint density at radius 3 is 2.76 bits per heavy atom. The number of hydrogen-bond donors (Lipinski definition) is 4. The largest absolute Gasteiger partial charge is 0.353 e. The van der Waals surface area contributed by atoms with E-state index in [1.807, 2.05) is 0 Å². The maximum absolute atomic E-state index is 13.5. The molecule has 1 saturated carbocycles. The van der Waals surface area contributed by atoms with Crippen LogP contribution in [0.2, 0.25) is 0 Å². The van der Waals surface area contributed by atoms with Gasteiger partial charge in [0.1, 0.15) is 5.82 Å². The van der Waals surface area contributed by atoms with E-state index in [0.717, 1.165) is 12.8 Å². The summed E-state index contributed by atoms with van der Waals surface area (Å²) in [5.41, 5.74) is 2.28. The SMILES string of the molecule is NNc1c(F)cccc1C(=O)NCCCC(=O)NC1CC1. The molecular weight excluding hydrogens is 275 g/mol. The van der Waals surface area contributed by atoms with Crippen LogP contribution in [0.4, 0.5) is 10.1 Å². The molecule has 0 saturated heterocycles. The lowest BCUT2D eigenvalue weighted by Crippen LogP contribution is -2.29. The fraction of sp³-hybridized carbons (Fsp3) is 0.429. The third-order valence-electron chi connectivity index (χ3n) is 3.21. The van der Waals surface area contributed by atoms with E-state index < -0.39 is 11.7 Å². The summed E-state index contributed by atoms with van der Waals surface area (Å²) in [5.74, 6) is 4.20. The summed E-state index contributed by atoms with van der Waals surface area (Å²) in [6.45, 7) is 0.345. The van der Waals surface area contributed by atoms with E-state index in [-0.39, 0.29) is 17.2 Å². The molecule has 1 aliphatic rings. The van der Waals surface area contributed by atoms with E-state index in [1.54, 1.807) is 0 Å². The molecule has 0 bridgehead atoms. The van der Waals surface area contributed by atoms with Crippen molar-refractivity contribution in [3.63, 3.8) is 0 Å². The second-order valence-corrected chi connectivity index (χ2v) is 5.01. The summed E-state index contributed by atoms with van der Waals surface area (Å²) < 4.78 is 13.5. The summed E-state index contributed by atoms with van der Waals surface area (Å²) in [6.07, 6.45) is 3.00. The van der Waals surface area contributed by atoms with Crippen LogP contribution in [0.5, 0.6) is 0 Å². The summed E-state index contributed by atoms with van der Waals surface area (Å²) >= 11 is 0. The second kappa shape index (κ2) is 7.03. The Labute approximate surface area is 122 Å². The van der Waals surface area contributed by atoms with Gasteiger partial charge < -0.3 is 16.1 Å². The molecule has 1 aromatic carbocycles. The fourth-order valence-electron chi connectivity index (χ4n) is 1.93. The minimum absolute atomic E-state index is 0.00168. The van der Waals surface area contributed by atoms with Crippen LogP contribution in [-0.4, -0.2) is 24.4 Å². The van der Waals surface area contributed by atoms with Crippen LogP contribution in [0.1, 0.15) is 36.0 Å². The van der Waals surface area contributed by atoms with Gasteiger partial charge >= 0.3 is 0 Å². The van der Waals surface area contributed by atoms with Crippen LogP contribution < -0.4 is 21.9 Å². The van der Waals surface area contributed by atoms with Crippen LogP contribution in [0.15, 0.2) is 18.2 Å². The molecule has 1 fully saturated rings. The van der Waals surface area contributed by atoms with Gasteiger partial charge in [0.05, 0.1) is 11.3 Å². The van der Waals surface area contributed by atoms with Crippen molar-refractivity contribution in [3.05, 3.63) is 29.6 Å². The molecule has 7 heteroatoms. The minimum Gasteiger partial charge on any atom is -0.353 e. The highest BCUT2D eigenvalue weighted by atomic mass is 19.1. The highest BCUT2D eigenvalue weighted by molar-refractivity contribution is 5.99. The van der Waals surface area contributed by atoms with Gasteiger partial charge in [0.2, 0.25) is 5.91 Å². The maximum Gasteiger partial charge on any atom is 0.253 e. The molecule has 2 amide bonds. The normalized spacial score (nSPS) is 13.6. The van der Waals surface area contributed by atoms with Crippen molar-refractivity contribution in [2.24, 2.45) is 5.84 Å². The van der Waals surface area contributed by atoms with Crippen LogP contribution in [0, 0.1) is 5.82 Å². The van der Waals surface area contributed by atoms with E-state index in [0.29, 0.717) is 25.4 Å². The number of carbonyl (C=O) groups excluding carboxylic acids is 2. The Balaban J connectivity index is 1.76. The summed E-state index contributed by atoms with van der Waals surface area (Å²) in [5, 5.41) is 5.52. The van der Waals surface area contributed by atoms with Crippen LogP contribution in [0.25, 0.3) is 0 Å². The van der Waals surface area contributed by atoms with E-state index >= 15 is 0 Å². The Bertz CT molecular complexity index is 532. The molecule has 0 unspecified atom stereocenters. The van der Waals surface area contributed by atoms with Crippen molar-refractivity contribution in [1.82, 2.24) is 10.6 Å². The quantitative estimate of drug-likeness (QED) is 0.341. The van der Waals surface area contributed by atoms with Crippen molar-refractivity contribution < 1.29 is 14.0 Å². The number of para-hydroxylation sites is 1. The molecular formula is C14H19FN4O2. The number of nitrogens with one attached hydrogen (secondary N) is 3. The molecule has 0 aliphatic heterocycles. The number of rotatable bonds is 7. The standard InChI is InChI=1S/C14H19FN4O2/c15-11-4-1-3-10(13(11)19-16)14(21)17-8-2-5-12(20)18-9-6-7-9/h1,3-4,9,19H,2,5-8,16H2,(H,17,21)(H,18,20). The zero-order chi connectivity index (χ0) is 15.2. The first-order chi connectivity index (χ1) is 10.1. The number of carbonyl (C=O) groups is 2. The molecule has 0 heterocycles. The predicted molar refractivity (Wildman–Crippen MR) is 76.9 cm³/mol. The van der Waals surface area contributed by atoms with Gasteiger partial charge in [-0.3, -0.25) is 15.4 Å². The smallest absolute Gasteiger partial charge is 0.253 e. The number of nitrogen functional groups attached to an aromatic ring is 1. The minimum atomic E-state index is -0.589. The number of benzene rings is 1. The lowest BCUT2D eigenvalue weighted by Gasteiger charge is -2.10. The Morgan fingerprint density at radius 1 is 1.33 bits per heavy atom. The number of hydrogen-bond acceptors (Lipinski definition) is 4. The zero-order valence-electron chi connectivity index (χ0n) is 11.6. The first kappa shape index (κ1) is 15.2. The van der Waals surface area contributed by atoms with E-state index in [9.17, 15) is 14.0 Å². The lowest BCUT2D eigenvalue weighted by atomic mass is 10.1. The first-order valence-electron chi connectivity index (χ1n) is 6.94. The van der Waals surface area contributed by atoms with E-state index in [2.05, 4.69) is 16.1 Å². The molecule has 0 atom stereocenters. The van der Waals surface area contributed by atoms with Gasteiger partial charge in [0.15, 0.2) is 0 Å². The third kappa shape index (κ3) is 4.42. The highest BCUT2D eigenvalue weighted by Crippen LogP contribution is 2.19. The number of hydrazine groups is 1. The Hall–Kier alpha value is -2.15. The molecule has 0 spiro atoms. The third-order valence-corrected chi connectivity index (χ3v) is 3.21. The van der Waals surface area contributed by atoms with E-state index in [4.69, 9.17) is 5.84 Å². The Morgan fingerprint density at radius 2 is 2.10 bits per heavy atom.